The second-order valence-corrected chi connectivity index (χ2v) is 4.81. The molecule has 0 aliphatic heterocycles. The van der Waals surface area contributed by atoms with E-state index in [0.717, 1.165) is 25.8 Å². The van der Waals surface area contributed by atoms with Crippen LogP contribution < -0.4 is 5.32 Å². The van der Waals surface area contributed by atoms with Gasteiger partial charge in [0, 0.05) is 6.54 Å². The number of likely N-dealkylation sites (N-methyl/N-ethyl adjacent to an activating group) is 1. The van der Waals surface area contributed by atoms with Gasteiger partial charge in [-0.3, -0.25) is 4.79 Å². The zero-order valence-electron chi connectivity index (χ0n) is 12.8. The first-order valence-corrected chi connectivity index (χ1v) is 7.23. The maximum Gasteiger partial charge on any atom is 0.237 e. The van der Waals surface area contributed by atoms with Gasteiger partial charge in [0.05, 0.1) is 12.6 Å². The van der Waals surface area contributed by atoms with Crippen LogP contribution in [0.4, 0.5) is 0 Å². The van der Waals surface area contributed by atoms with Gasteiger partial charge in [-0.1, -0.05) is 50.6 Å². The highest BCUT2D eigenvalue weighted by atomic mass is 35.5. The van der Waals surface area contributed by atoms with Crippen molar-refractivity contribution in [3.8, 4) is 0 Å². The van der Waals surface area contributed by atoms with Crippen molar-refractivity contribution in [2.45, 2.75) is 39.2 Å². The molecule has 0 bridgehead atoms. The Bertz CT molecular complexity index is 370. The third-order valence-electron chi connectivity index (χ3n) is 3.35. The number of rotatable bonds is 8. The predicted octanol–water partition coefficient (Wildman–Crippen LogP) is 3.41. The molecule has 1 unspecified atom stereocenters. The number of benzene rings is 1. The molecule has 114 valence electrons. The number of unbranched alkanes of at least 4 members (excludes halogenated alkanes) is 1. The lowest BCUT2D eigenvalue weighted by Gasteiger charge is -2.31. The van der Waals surface area contributed by atoms with Crippen LogP contribution in [0.1, 0.15) is 44.7 Å². The van der Waals surface area contributed by atoms with Crippen LogP contribution in [0, 0.1) is 0 Å². The third kappa shape index (κ3) is 5.51. The Labute approximate surface area is 129 Å². The van der Waals surface area contributed by atoms with Crippen LogP contribution in [0.15, 0.2) is 30.3 Å². The van der Waals surface area contributed by atoms with E-state index in [4.69, 9.17) is 0 Å². The Morgan fingerprint density at radius 2 is 1.90 bits per heavy atom. The van der Waals surface area contributed by atoms with Crippen LogP contribution in [-0.4, -0.2) is 30.9 Å². The molecule has 4 heteroatoms. The first-order chi connectivity index (χ1) is 9.24. The molecule has 1 N–H and O–H groups in total. The van der Waals surface area contributed by atoms with E-state index in [-0.39, 0.29) is 24.4 Å². The number of hydrogen-bond donors (Lipinski definition) is 1. The zero-order valence-corrected chi connectivity index (χ0v) is 13.6. The Kier molecular flexibility index (Phi) is 10.1. The average molecular weight is 299 g/mol. The van der Waals surface area contributed by atoms with Gasteiger partial charge in [0.25, 0.3) is 0 Å². The summed E-state index contributed by atoms with van der Waals surface area (Å²) in [4.78, 5) is 14.3. The molecule has 0 saturated carbocycles. The SMILES string of the molecule is CCCCN(C(=O)CNC)C(CC)c1ccccc1.Cl. The Balaban J connectivity index is 0.00000361. The molecule has 1 aromatic carbocycles. The number of nitrogens with zero attached hydrogens (tertiary/aromatic N) is 1. The lowest BCUT2D eigenvalue weighted by atomic mass is 10.0. The fourth-order valence-corrected chi connectivity index (χ4v) is 2.35. The van der Waals surface area contributed by atoms with E-state index in [0.29, 0.717) is 6.54 Å². The van der Waals surface area contributed by atoms with Gasteiger partial charge < -0.3 is 10.2 Å². The molecule has 0 aliphatic carbocycles. The van der Waals surface area contributed by atoms with Crippen molar-refractivity contribution in [2.75, 3.05) is 20.1 Å². The van der Waals surface area contributed by atoms with Crippen molar-refractivity contribution >= 4 is 18.3 Å². The van der Waals surface area contributed by atoms with Gasteiger partial charge in [0.1, 0.15) is 0 Å². The smallest absolute Gasteiger partial charge is 0.237 e. The molecule has 20 heavy (non-hydrogen) atoms. The molecule has 0 spiro atoms. The predicted molar refractivity (Wildman–Crippen MR) is 87.3 cm³/mol. The topological polar surface area (TPSA) is 32.3 Å². The Morgan fingerprint density at radius 3 is 2.40 bits per heavy atom. The number of amides is 1. The van der Waals surface area contributed by atoms with E-state index in [1.807, 2.05) is 30.1 Å². The molecule has 0 heterocycles. The highest BCUT2D eigenvalue weighted by molar-refractivity contribution is 5.85. The summed E-state index contributed by atoms with van der Waals surface area (Å²) in [5.41, 5.74) is 1.23. The fraction of sp³-hybridized carbons (Fsp3) is 0.562. The third-order valence-corrected chi connectivity index (χ3v) is 3.35. The van der Waals surface area contributed by atoms with E-state index >= 15 is 0 Å². The normalized spacial score (nSPS) is 11.6. The number of nitrogens with one attached hydrogen (secondary N) is 1. The minimum atomic E-state index is 0. The Morgan fingerprint density at radius 1 is 1.25 bits per heavy atom. The summed E-state index contributed by atoms with van der Waals surface area (Å²) < 4.78 is 0. The summed E-state index contributed by atoms with van der Waals surface area (Å²) in [5, 5.41) is 2.96. The summed E-state index contributed by atoms with van der Waals surface area (Å²) >= 11 is 0. The van der Waals surface area contributed by atoms with Crippen molar-refractivity contribution in [3.63, 3.8) is 0 Å². The van der Waals surface area contributed by atoms with Gasteiger partial charge in [-0.15, -0.1) is 12.4 Å². The molecule has 1 aromatic rings. The molecule has 1 atom stereocenters. The molecule has 0 aromatic heterocycles. The second-order valence-electron chi connectivity index (χ2n) is 4.81. The summed E-state index contributed by atoms with van der Waals surface area (Å²) in [6, 6.07) is 10.5. The first-order valence-electron chi connectivity index (χ1n) is 7.23. The van der Waals surface area contributed by atoms with Crippen LogP contribution in [0.3, 0.4) is 0 Å². The van der Waals surface area contributed by atoms with Crippen LogP contribution >= 0.6 is 12.4 Å². The lowest BCUT2D eigenvalue weighted by molar-refractivity contribution is -0.132. The number of halogens is 1. The summed E-state index contributed by atoms with van der Waals surface area (Å²) in [5.74, 6) is 0.187. The van der Waals surface area contributed by atoms with Crippen LogP contribution in [-0.2, 0) is 4.79 Å². The van der Waals surface area contributed by atoms with E-state index in [1.165, 1.54) is 5.56 Å². The monoisotopic (exact) mass is 298 g/mol. The molecule has 0 radical (unpaired) electrons. The van der Waals surface area contributed by atoms with Gasteiger partial charge in [0.2, 0.25) is 5.91 Å². The average Bonchev–Trinajstić information content (AvgIpc) is 2.44. The molecular weight excluding hydrogens is 272 g/mol. The quantitative estimate of drug-likeness (QED) is 0.798. The minimum absolute atomic E-state index is 0. The standard InChI is InChI=1S/C16H26N2O.ClH/c1-4-6-12-18(16(19)13-17-3)15(5-2)14-10-8-7-9-11-14;/h7-11,15,17H,4-6,12-13H2,1-3H3;1H. The van der Waals surface area contributed by atoms with Crippen molar-refractivity contribution in [1.82, 2.24) is 10.2 Å². The maximum atomic E-state index is 12.3. The van der Waals surface area contributed by atoms with E-state index < -0.39 is 0 Å². The van der Waals surface area contributed by atoms with E-state index in [1.54, 1.807) is 0 Å². The number of carbonyl (C=O) groups excluding carboxylic acids is 1. The molecule has 0 aliphatic rings. The highest BCUT2D eigenvalue weighted by Gasteiger charge is 2.22. The van der Waals surface area contributed by atoms with Gasteiger partial charge in [0.15, 0.2) is 0 Å². The minimum Gasteiger partial charge on any atom is -0.335 e. The van der Waals surface area contributed by atoms with E-state index in [2.05, 4.69) is 31.3 Å². The lowest BCUT2D eigenvalue weighted by Crippen LogP contribution is -2.40. The summed E-state index contributed by atoms with van der Waals surface area (Å²) in [6.45, 7) is 5.55. The van der Waals surface area contributed by atoms with Gasteiger partial charge >= 0.3 is 0 Å². The van der Waals surface area contributed by atoms with Crippen molar-refractivity contribution in [3.05, 3.63) is 35.9 Å². The van der Waals surface area contributed by atoms with Gasteiger partial charge in [-0.25, -0.2) is 0 Å². The van der Waals surface area contributed by atoms with Crippen molar-refractivity contribution in [1.29, 1.82) is 0 Å². The first kappa shape index (κ1) is 18.9. The molecule has 0 fully saturated rings. The number of hydrogen-bond acceptors (Lipinski definition) is 2. The molecule has 0 saturated heterocycles. The van der Waals surface area contributed by atoms with Gasteiger partial charge in [-0.2, -0.15) is 0 Å². The number of carbonyl (C=O) groups is 1. The van der Waals surface area contributed by atoms with Crippen molar-refractivity contribution < 1.29 is 4.79 Å². The molecule has 1 amide bonds. The molecular formula is C16H27ClN2O. The highest BCUT2D eigenvalue weighted by Crippen LogP contribution is 2.24. The summed E-state index contributed by atoms with van der Waals surface area (Å²) in [6.07, 6.45) is 3.11. The summed E-state index contributed by atoms with van der Waals surface area (Å²) in [7, 11) is 1.82. The second kappa shape index (κ2) is 10.7. The van der Waals surface area contributed by atoms with Crippen molar-refractivity contribution in [2.24, 2.45) is 0 Å². The fourth-order valence-electron chi connectivity index (χ4n) is 2.35. The van der Waals surface area contributed by atoms with Crippen LogP contribution in [0.2, 0.25) is 0 Å². The van der Waals surface area contributed by atoms with Crippen LogP contribution in [0.25, 0.3) is 0 Å². The van der Waals surface area contributed by atoms with E-state index in [9.17, 15) is 4.79 Å². The molecule has 1 rings (SSSR count). The molecule has 3 nitrogen and oxygen atoms in total. The van der Waals surface area contributed by atoms with Crippen LogP contribution in [0.5, 0.6) is 0 Å². The largest absolute Gasteiger partial charge is 0.335 e. The van der Waals surface area contributed by atoms with Gasteiger partial charge in [-0.05, 0) is 25.5 Å². The zero-order chi connectivity index (χ0) is 14.1. The Hall–Kier alpha value is -1.06. The maximum absolute atomic E-state index is 12.3.